The molecule has 0 fully saturated rings. The van der Waals surface area contributed by atoms with Crippen LogP contribution in [0.3, 0.4) is 0 Å². The first-order valence-electron chi connectivity index (χ1n) is 7.12. The van der Waals surface area contributed by atoms with E-state index < -0.39 is 0 Å². The van der Waals surface area contributed by atoms with E-state index in [0.717, 1.165) is 11.0 Å². The minimum Gasteiger partial charge on any atom is -0.380 e. The summed E-state index contributed by atoms with van der Waals surface area (Å²) in [4.78, 5) is 0. The average molecular weight is 340 g/mol. The third kappa shape index (κ3) is 2.96. The Labute approximate surface area is 134 Å². The Morgan fingerprint density at radius 3 is 2.52 bits per heavy atom. The summed E-state index contributed by atoms with van der Waals surface area (Å²) in [6.45, 7) is 5.08. The average Bonchev–Trinajstić information content (AvgIpc) is 2.46. The summed E-state index contributed by atoms with van der Waals surface area (Å²) in [5, 5.41) is 6.17. The van der Waals surface area contributed by atoms with Gasteiger partial charge in [0.2, 0.25) is 0 Å². The topological polar surface area (TPSA) is 12.0 Å². The smallest absolute Gasteiger partial charge is 0.0517 e. The molecule has 0 radical (unpaired) electrons. The first-order chi connectivity index (χ1) is 10.1. The van der Waals surface area contributed by atoms with Crippen molar-refractivity contribution < 1.29 is 0 Å². The second-order valence-corrected chi connectivity index (χ2v) is 6.28. The fourth-order valence-corrected chi connectivity index (χ4v) is 3.58. The number of anilines is 1. The van der Waals surface area contributed by atoms with Crippen LogP contribution in [-0.4, -0.2) is 0 Å². The minimum absolute atomic E-state index is 0.823. The zero-order valence-electron chi connectivity index (χ0n) is 12.3. The van der Waals surface area contributed by atoms with Crippen LogP contribution in [0, 0.1) is 13.8 Å². The van der Waals surface area contributed by atoms with E-state index in [1.165, 1.54) is 33.2 Å². The fourth-order valence-electron chi connectivity index (χ4n) is 2.77. The monoisotopic (exact) mass is 339 g/mol. The molecule has 0 spiro atoms. The zero-order chi connectivity index (χ0) is 14.8. The van der Waals surface area contributed by atoms with Crippen molar-refractivity contribution in [3.8, 4) is 0 Å². The third-order valence-electron chi connectivity index (χ3n) is 3.77. The van der Waals surface area contributed by atoms with Gasteiger partial charge in [0.25, 0.3) is 0 Å². The number of hydrogen-bond acceptors (Lipinski definition) is 1. The molecule has 0 atom stereocenters. The van der Waals surface area contributed by atoms with E-state index in [9.17, 15) is 0 Å². The van der Waals surface area contributed by atoms with Crippen molar-refractivity contribution in [3.05, 3.63) is 75.8 Å². The van der Waals surface area contributed by atoms with Gasteiger partial charge in [-0.1, -0.05) is 48.5 Å². The maximum atomic E-state index is 3.66. The van der Waals surface area contributed by atoms with Crippen LogP contribution < -0.4 is 5.32 Å². The van der Waals surface area contributed by atoms with Gasteiger partial charge in [0, 0.05) is 11.0 Å². The van der Waals surface area contributed by atoms with Crippen molar-refractivity contribution in [1.29, 1.82) is 0 Å². The first-order valence-corrected chi connectivity index (χ1v) is 7.92. The molecule has 0 saturated heterocycles. The number of rotatable bonds is 3. The summed E-state index contributed by atoms with van der Waals surface area (Å²) >= 11 is 3.66. The van der Waals surface area contributed by atoms with E-state index in [1.807, 2.05) is 0 Å². The van der Waals surface area contributed by atoms with Crippen LogP contribution in [0.5, 0.6) is 0 Å². The molecule has 2 heteroatoms. The SMILES string of the molecule is Cc1cc(C)c(NCc2cccc3ccccc23)c(Br)c1. The summed E-state index contributed by atoms with van der Waals surface area (Å²) in [5.41, 5.74) is 5.03. The van der Waals surface area contributed by atoms with Gasteiger partial charge in [-0.2, -0.15) is 0 Å². The van der Waals surface area contributed by atoms with E-state index in [0.29, 0.717) is 0 Å². The van der Waals surface area contributed by atoms with Crippen LogP contribution in [0.4, 0.5) is 5.69 Å². The number of halogens is 1. The quantitative estimate of drug-likeness (QED) is 0.632. The number of benzene rings is 3. The van der Waals surface area contributed by atoms with Gasteiger partial charge in [0.15, 0.2) is 0 Å². The lowest BCUT2D eigenvalue weighted by atomic mass is 10.0. The maximum Gasteiger partial charge on any atom is 0.0517 e. The molecule has 0 aliphatic rings. The molecular weight excluding hydrogens is 322 g/mol. The Balaban J connectivity index is 1.91. The summed E-state index contributed by atoms with van der Waals surface area (Å²) in [7, 11) is 0. The molecule has 0 aliphatic carbocycles. The molecule has 0 saturated carbocycles. The number of aryl methyl sites for hydroxylation is 2. The Morgan fingerprint density at radius 2 is 1.71 bits per heavy atom. The molecule has 1 N–H and O–H groups in total. The van der Waals surface area contributed by atoms with Crippen LogP contribution in [0.15, 0.2) is 59.1 Å². The van der Waals surface area contributed by atoms with Gasteiger partial charge >= 0.3 is 0 Å². The summed E-state index contributed by atoms with van der Waals surface area (Å²) < 4.78 is 1.13. The summed E-state index contributed by atoms with van der Waals surface area (Å²) in [5.74, 6) is 0. The van der Waals surface area contributed by atoms with Crippen molar-refractivity contribution in [2.45, 2.75) is 20.4 Å². The highest BCUT2D eigenvalue weighted by Gasteiger charge is 2.06. The lowest BCUT2D eigenvalue weighted by molar-refractivity contribution is 1.15. The minimum atomic E-state index is 0.823. The third-order valence-corrected chi connectivity index (χ3v) is 4.39. The van der Waals surface area contributed by atoms with E-state index in [1.54, 1.807) is 0 Å². The summed E-state index contributed by atoms with van der Waals surface area (Å²) in [6.07, 6.45) is 0. The van der Waals surface area contributed by atoms with Crippen LogP contribution in [-0.2, 0) is 6.54 Å². The van der Waals surface area contributed by atoms with Gasteiger partial charge < -0.3 is 5.32 Å². The van der Waals surface area contributed by atoms with Gasteiger partial charge in [0.1, 0.15) is 0 Å². The van der Waals surface area contributed by atoms with Gasteiger partial charge in [-0.05, 0) is 63.3 Å². The molecule has 0 amide bonds. The molecule has 3 rings (SSSR count). The highest BCUT2D eigenvalue weighted by Crippen LogP contribution is 2.29. The Bertz CT molecular complexity index is 764. The molecule has 0 unspecified atom stereocenters. The number of nitrogens with one attached hydrogen (secondary N) is 1. The first kappa shape index (κ1) is 14.2. The summed E-state index contributed by atoms with van der Waals surface area (Å²) in [6, 6.07) is 19.3. The number of fused-ring (bicyclic) bond motifs is 1. The molecule has 3 aromatic carbocycles. The van der Waals surface area contributed by atoms with E-state index in [2.05, 4.69) is 89.7 Å². The van der Waals surface area contributed by atoms with Crippen LogP contribution in [0.2, 0.25) is 0 Å². The van der Waals surface area contributed by atoms with Crippen molar-refractivity contribution >= 4 is 32.4 Å². The lowest BCUT2D eigenvalue weighted by Crippen LogP contribution is -2.02. The van der Waals surface area contributed by atoms with Crippen LogP contribution in [0.25, 0.3) is 10.8 Å². The normalized spacial score (nSPS) is 10.8. The Kier molecular flexibility index (Phi) is 3.98. The van der Waals surface area contributed by atoms with Gasteiger partial charge in [0.05, 0.1) is 5.69 Å². The van der Waals surface area contributed by atoms with E-state index in [4.69, 9.17) is 0 Å². The van der Waals surface area contributed by atoms with Crippen molar-refractivity contribution in [3.63, 3.8) is 0 Å². The maximum absolute atomic E-state index is 3.66. The lowest BCUT2D eigenvalue weighted by Gasteiger charge is -2.14. The Hall–Kier alpha value is -1.80. The molecule has 0 bridgehead atoms. The zero-order valence-corrected chi connectivity index (χ0v) is 13.9. The molecule has 21 heavy (non-hydrogen) atoms. The molecule has 106 valence electrons. The van der Waals surface area contributed by atoms with Gasteiger partial charge in [-0.15, -0.1) is 0 Å². The van der Waals surface area contributed by atoms with Gasteiger partial charge in [-0.3, -0.25) is 0 Å². The molecule has 0 aromatic heterocycles. The molecule has 0 aliphatic heterocycles. The second kappa shape index (κ2) is 5.90. The predicted molar refractivity (Wildman–Crippen MR) is 94.9 cm³/mol. The van der Waals surface area contributed by atoms with Crippen LogP contribution >= 0.6 is 15.9 Å². The molecular formula is C19H18BrN. The molecule has 1 nitrogen and oxygen atoms in total. The van der Waals surface area contributed by atoms with Crippen molar-refractivity contribution in [1.82, 2.24) is 0 Å². The van der Waals surface area contributed by atoms with E-state index in [-0.39, 0.29) is 0 Å². The highest BCUT2D eigenvalue weighted by atomic mass is 79.9. The largest absolute Gasteiger partial charge is 0.380 e. The van der Waals surface area contributed by atoms with Crippen molar-refractivity contribution in [2.75, 3.05) is 5.32 Å². The standard InChI is InChI=1S/C19H18BrN/c1-13-10-14(2)19(18(20)11-13)21-12-16-8-5-7-15-6-3-4-9-17(15)16/h3-11,21H,12H2,1-2H3. The molecule has 0 heterocycles. The number of hydrogen-bond donors (Lipinski definition) is 1. The second-order valence-electron chi connectivity index (χ2n) is 5.43. The molecule has 3 aromatic rings. The van der Waals surface area contributed by atoms with Gasteiger partial charge in [-0.25, -0.2) is 0 Å². The predicted octanol–water partition coefficient (Wildman–Crippen LogP) is 5.83. The highest BCUT2D eigenvalue weighted by molar-refractivity contribution is 9.10. The van der Waals surface area contributed by atoms with Crippen molar-refractivity contribution in [2.24, 2.45) is 0 Å². The van der Waals surface area contributed by atoms with Crippen LogP contribution in [0.1, 0.15) is 16.7 Å². The Morgan fingerprint density at radius 1 is 0.952 bits per heavy atom. The van der Waals surface area contributed by atoms with E-state index >= 15 is 0 Å². The fraction of sp³-hybridized carbons (Fsp3) is 0.158.